The molecule has 1 spiro atoms. The van der Waals surface area contributed by atoms with E-state index in [0.717, 1.165) is 31.2 Å². The molecule has 118 valence electrons. The standard InChI is InChI=1S/C18H24FN3/c1-21(2)16-10-18(11-16)5-7-22(8-6-18)13-14-3-4-17(19)15(9-14)12-20/h3-4,9,16H,5-8,10-11,13H2,1-2H3. The second-order valence-corrected chi connectivity index (χ2v) is 7.23. The molecule has 0 aromatic heterocycles. The van der Waals surface area contributed by atoms with Crippen LogP contribution in [0, 0.1) is 22.6 Å². The van der Waals surface area contributed by atoms with E-state index in [9.17, 15) is 4.39 Å². The molecule has 3 nitrogen and oxygen atoms in total. The summed E-state index contributed by atoms with van der Waals surface area (Å²) in [5, 5.41) is 8.92. The largest absolute Gasteiger partial charge is 0.306 e. The smallest absolute Gasteiger partial charge is 0.140 e. The van der Waals surface area contributed by atoms with Crippen molar-refractivity contribution < 1.29 is 4.39 Å². The number of hydrogen-bond donors (Lipinski definition) is 0. The molecule has 1 saturated carbocycles. The molecule has 1 aromatic rings. The van der Waals surface area contributed by atoms with E-state index < -0.39 is 5.82 Å². The fourth-order valence-corrected chi connectivity index (χ4v) is 3.91. The van der Waals surface area contributed by atoms with Gasteiger partial charge in [0.1, 0.15) is 11.9 Å². The minimum Gasteiger partial charge on any atom is -0.306 e. The number of nitriles is 1. The Kier molecular flexibility index (Phi) is 4.20. The van der Waals surface area contributed by atoms with E-state index in [1.165, 1.54) is 31.7 Å². The highest BCUT2D eigenvalue weighted by Gasteiger charge is 2.46. The molecule has 0 unspecified atom stereocenters. The average molecular weight is 301 g/mol. The maximum atomic E-state index is 13.4. The van der Waals surface area contributed by atoms with Crippen molar-refractivity contribution in [1.82, 2.24) is 9.80 Å². The molecule has 0 N–H and O–H groups in total. The van der Waals surface area contributed by atoms with Crippen LogP contribution in [0.1, 0.15) is 36.8 Å². The molecule has 0 atom stereocenters. The molecule has 0 amide bonds. The summed E-state index contributed by atoms with van der Waals surface area (Å²) in [7, 11) is 4.35. The van der Waals surface area contributed by atoms with E-state index in [0.29, 0.717) is 5.41 Å². The normalized spacial score (nSPS) is 21.8. The highest BCUT2D eigenvalue weighted by atomic mass is 19.1. The summed E-state index contributed by atoms with van der Waals surface area (Å²) >= 11 is 0. The van der Waals surface area contributed by atoms with Gasteiger partial charge in [0.2, 0.25) is 0 Å². The van der Waals surface area contributed by atoms with Crippen LogP contribution in [-0.2, 0) is 6.54 Å². The third-order valence-electron chi connectivity index (χ3n) is 5.54. The van der Waals surface area contributed by atoms with E-state index in [2.05, 4.69) is 23.9 Å². The van der Waals surface area contributed by atoms with Crippen LogP contribution < -0.4 is 0 Å². The summed E-state index contributed by atoms with van der Waals surface area (Å²) in [6.45, 7) is 3.04. The molecule has 1 aromatic carbocycles. The van der Waals surface area contributed by atoms with Gasteiger partial charge in [-0.25, -0.2) is 4.39 Å². The van der Waals surface area contributed by atoms with Crippen molar-refractivity contribution in [3.8, 4) is 6.07 Å². The third kappa shape index (κ3) is 3.02. The first-order valence-corrected chi connectivity index (χ1v) is 8.09. The zero-order valence-corrected chi connectivity index (χ0v) is 13.5. The molecule has 4 heteroatoms. The lowest BCUT2D eigenvalue weighted by atomic mass is 9.60. The molecule has 1 aliphatic heterocycles. The van der Waals surface area contributed by atoms with Crippen LogP contribution in [0.2, 0.25) is 0 Å². The molecule has 0 radical (unpaired) electrons. The number of nitrogens with zero attached hydrogens (tertiary/aromatic N) is 3. The summed E-state index contributed by atoms with van der Waals surface area (Å²) < 4.78 is 13.4. The Bertz CT molecular complexity index is 574. The molecule has 1 saturated heterocycles. The molecule has 0 bridgehead atoms. The van der Waals surface area contributed by atoms with Crippen molar-refractivity contribution in [1.29, 1.82) is 5.26 Å². The molecule has 3 rings (SSSR count). The van der Waals surface area contributed by atoms with Crippen LogP contribution in [0.5, 0.6) is 0 Å². The van der Waals surface area contributed by atoms with Crippen molar-refractivity contribution in [2.24, 2.45) is 5.41 Å². The average Bonchev–Trinajstić information content (AvgIpc) is 2.47. The van der Waals surface area contributed by atoms with Crippen LogP contribution in [-0.4, -0.2) is 43.0 Å². The Morgan fingerprint density at radius 1 is 1.32 bits per heavy atom. The Balaban J connectivity index is 1.54. The molecular weight excluding hydrogens is 277 g/mol. The first-order chi connectivity index (χ1) is 10.5. The minimum atomic E-state index is -0.423. The second-order valence-electron chi connectivity index (χ2n) is 7.23. The zero-order valence-electron chi connectivity index (χ0n) is 13.5. The maximum Gasteiger partial charge on any atom is 0.140 e. The van der Waals surface area contributed by atoms with E-state index in [1.807, 2.05) is 6.07 Å². The van der Waals surface area contributed by atoms with Gasteiger partial charge in [0.15, 0.2) is 0 Å². The van der Waals surface area contributed by atoms with Crippen LogP contribution in [0.3, 0.4) is 0 Å². The van der Waals surface area contributed by atoms with Crippen molar-refractivity contribution in [2.75, 3.05) is 27.2 Å². The number of hydrogen-bond acceptors (Lipinski definition) is 3. The minimum absolute atomic E-state index is 0.152. The first kappa shape index (κ1) is 15.5. The predicted molar refractivity (Wildman–Crippen MR) is 84.8 cm³/mol. The number of likely N-dealkylation sites (tertiary alicyclic amines) is 1. The Morgan fingerprint density at radius 2 is 2.00 bits per heavy atom. The Labute approximate surface area is 132 Å². The van der Waals surface area contributed by atoms with Crippen LogP contribution >= 0.6 is 0 Å². The van der Waals surface area contributed by atoms with Crippen molar-refractivity contribution >= 4 is 0 Å². The van der Waals surface area contributed by atoms with Crippen molar-refractivity contribution in [2.45, 2.75) is 38.3 Å². The van der Waals surface area contributed by atoms with Gasteiger partial charge in [-0.2, -0.15) is 5.26 Å². The zero-order chi connectivity index (χ0) is 15.7. The van der Waals surface area contributed by atoms with Crippen molar-refractivity contribution in [3.05, 3.63) is 35.1 Å². The summed E-state index contributed by atoms with van der Waals surface area (Å²) in [5.41, 5.74) is 1.76. The van der Waals surface area contributed by atoms with E-state index in [1.54, 1.807) is 12.1 Å². The van der Waals surface area contributed by atoms with E-state index in [4.69, 9.17) is 5.26 Å². The monoisotopic (exact) mass is 301 g/mol. The van der Waals surface area contributed by atoms with E-state index in [-0.39, 0.29) is 5.56 Å². The summed E-state index contributed by atoms with van der Waals surface area (Å²) in [4.78, 5) is 4.78. The molecule has 1 heterocycles. The molecular formula is C18H24FN3. The number of piperidine rings is 1. The highest BCUT2D eigenvalue weighted by Crippen LogP contribution is 2.50. The van der Waals surface area contributed by atoms with Gasteiger partial charge in [0.25, 0.3) is 0 Å². The van der Waals surface area contributed by atoms with Gasteiger partial charge in [-0.15, -0.1) is 0 Å². The fraction of sp³-hybridized carbons (Fsp3) is 0.611. The van der Waals surface area contributed by atoms with Gasteiger partial charge < -0.3 is 4.90 Å². The summed E-state index contributed by atoms with van der Waals surface area (Å²) in [6.07, 6.45) is 5.21. The summed E-state index contributed by atoms with van der Waals surface area (Å²) in [5.74, 6) is -0.423. The van der Waals surface area contributed by atoms with Gasteiger partial charge in [-0.3, -0.25) is 4.90 Å². The van der Waals surface area contributed by atoms with Crippen LogP contribution in [0.4, 0.5) is 4.39 Å². The molecule has 22 heavy (non-hydrogen) atoms. The topological polar surface area (TPSA) is 30.3 Å². The highest BCUT2D eigenvalue weighted by molar-refractivity contribution is 5.34. The van der Waals surface area contributed by atoms with Crippen LogP contribution in [0.15, 0.2) is 18.2 Å². The fourth-order valence-electron chi connectivity index (χ4n) is 3.91. The predicted octanol–water partition coefficient (Wildman–Crippen LogP) is 3.00. The molecule has 1 aliphatic carbocycles. The van der Waals surface area contributed by atoms with Gasteiger partial charge in [0, 0.05) is 12.6 Å². The second kappa shape index (κ2) is 5.98. The molecule has 2 fully saturated rings. The first-order valence-electron chi connectivity index (χ1n) is 8.09. The van der Waals surface area contributed by atoms with Gasteiger partial charge in [0.05, 0.1) is 5.56 Å². The number of halogens is 1. The Hall–Kier alpha value is -1.44. The SMILES string of the molecule is CN(C)C1CC2(CCN(Cc3ccc(F)c(C#N)c3)CC2)C1. The van der Waals surface area contributed by atoms with Gasteiger partial charge in [-0.05, 0) is 76.0 Å². The Morgan fingerprint density at radius 3 is 2.59 bits per heavy atom. The summed E-state index contributed by atoms with van der Waals surface area (Å²) in [6, 6.07) is 7.58. The quantitative estimate of drug-likeness (QED) is 0.860. The number of benzene rings is 1. The molecule has 2 aliphatic rings. The lowest BCUT2D eigenvalue weighted by molar-refractivity contribution is -0.0290. The van der Waals surface area contributed by atoms with Gasteiger partial charge >= 0.3 is 0 Å². The van der Waals surface area contributed by atoms with Crippen molar-refractivity contribution in [3.63, 3.8) is 0 Å². The number of rotatable bonds is 3. The van der Waals surface area contributed by atoms with Crippen LogP contribution in [0.25, 0.3) is 0 Å². The lowest BCUT2D eigenvalue weighted by Gasteiger charge is -2.54. The maximum absolute atomic E-state index is 13.4. The van der Waals surface area contributed by atoms with E-state index >= 15 is 0 Å². The third-order valence-corrected chi connectivity index (χ3v) is 5.54. The lowest BCUT2D eigenvalue weighted by Crippen LogP contribution is -2.53. The van der Waals surface area contributed by atoms with Gasteiger partial charge in [-0.1, -0.05) is 6.07 Å².